The fraction of sp³-hybridized carbons (Fsp3) is 1.00. The van der Waals surface area contributed by atoms with Gasteiger partial charge in [-0.25, -0.2) is 0 Å². The summed E-state index contributed by atoms with van der Waals surface area (Å²) in [5, 5.41) is 0. The molecule has 1 aliphatic rings. The molecule has 0 aromatic heterocycles. The van der Waals surface area contributed by atoms with Crippen molar-refractivity contribution < 1.29 is 0 Å². The highest BCUT2D eigenvalue weighted by atomic mass is 14.0. The molecule has 36 valence electrons. The van der Waals surface area contributed by atoms with Gasteiger partial charge in [-0.15, -0.1) is 0 Å². The van der Waals surface area contributed by atoms with Crippen molar-refractivity contribution in [3.63, 3.8) is 0 Å². The molecular formula is C5H13B. The van der Waals surface area contributed by atoms with Crippen molar-refractivity contribution in [2.24, 2.45) is 0 Å². The van der Waals surface area contributed by atoms with Crippen molar-refractivity contribution in [2.45, 2.75) is 32.1 Å². The summed E-state index contributed by atoms with van der Waals surface area (Å²) < 4.78 is 0. The Morgan fingerprint density at radius 3 is 0.833 bits per heavy atom. The molecule has 0 bridgehead atoms. The quantitative estimate of drug-likeness (QED) is 0.380. The van der Waals surface area contributed by atoms with Crippen LogP contribution in [0.1, 0.15) is 32.1 Å². The largest absolute Gasteiger partial charge is 0.0814 e. The first kappa shape index (κ1) is 6.06. The Morgan fingerprint density at radius 1 is 0.500 bits per heavy atom. The van der Waals surface area contributed by atoms with Gasteiger partial charge in [0.05, 0.1) is 8.41 Å². The summed E-state index contributed by atoms with van der Waals surface area (Å²) in [6.45, 7) is 0. The van der Waals surface area contributed by atoms with Gasteiger partial charge >= 0.3 is 0 Å². The molecule has 0 radical (unpaired) electrons. The Bertz CT molecular complexity index is 15.5. The average molecular weight is 84.0 g/mol. The molecular weight excluding hydrogens is 70.9 g/mol. The lowest BCUT2D eigenvalue weighted by molar-refractivity contribution is 0.886. The summed E-state index contributed by atoms with van der Waals surface area (Å²) in [6.07, 6.45) is 7.50. The van der Waals surface area contributed by atoms with Crippen LogP contribution in [0.15, 0.2) is 0 Å². The zero-order valence-corrected chi connectivity index (χ0v) is 3.54. The summed E-state index contributed by atoms with van der Waals surface area (Å²) >= 11 is 0. The molecule has 0 amide bonds. The molecule has 0 spiro atoms. The van der Waals surface area contributed by atoms with Crippen LogP contribution in [0.5, 0.6) is 0 Å². The Balaban J connectivity index is 0.000000250. The Kier molecular flexibility index (Phi) is 3.30. The van der Waals surface area contributed by atoms with Gasteiger partial charge < -0.3 is 0 Å². The second-order valence-electron chi connectivity index (χ2n) is 1.77. The number of rotatable bonds is 0. The second kappa shape index (κ2) is 3.26. The van der Waals surface area contributed by atoms with Gasteiger partial charge in [-0.2, -0.15) is 0 Å². The molecule has 0 atom stereocenters. The maximum absolute atomic E-state index is 1.50. The minimum absolute atomic E-state index is 0. The highest BCUT2D eigenvalue weighted by Gasteiger charge is 1.95. The summed E-state index contributed by atoms with van der Waals surface area (Å²) in [5.41, 5.74) is 0. The van der Waals surface area contributed by atoms with Crippen LogP contribution in [-0.4, -0.2) is 8.41 Å². The predicted molar refractivity (Wildman–Crippen MR) is 33.0 cm³/mol. The maximum atomic E-state index is 1.50. The van der Waals surface area contributed by atoms with Crippen LogP contribution in [0.25, 0.3) is 0 Å². The molecule has 1 heteroatoms. The SMILES string of the molecule is B.C1CCCC1. The lowest BCUT2D eigenvalue weighted by atomic mass is 10.4. The monoisotopic (exact) mass is 84.1 g/mol. The topological polar surface area (TPSA) is 0 Å². The van der Waals surface area contributed by atoms with E-state index in [2.05, 4.69) is 0 Å². The summed E-state index contributed by atoms with van der Waals surface area (Å²) in [7, 11) is 0. The van der Waals surface area contributed by atoms with Crippen molar-refractivity contribution in [3.8, 4) is 0 Å². The van der Waals surface area contributed by atoms with Crippen LogP contribution in [0, 0.1) is 0 Å². The average Bonchev–Trinajstić information content (AvgIpc) is 1.76. The molecule has 0 aromatic carbocycles. The van der Waals surface area contributed by atoms with E-state index in [4.69, 9.17) is 0 Å². The smallest absolute Gasteiger partial charge is 0.0533 e. The molecule has 0 heterocycles. The summed E-state index contributed by atoms with van der Waals surface area (Å²) in [5.74, 6) is 0. The third kappa shape index (κ3) is 1.49. The standard InChI is InChI=1S/C5H10.BH3/c1-2-4-5-3-1;/h1-5H2;1H3. The molecule has 6 heavy (non-hydrogen) atoms. The van der Waals surface area contributed by atoms with Crippen molar-refractivity contribution in [2.75, 3.05) is 0 Å². The van der Waals surface area contributed by atoms with Crippen LogP contribution in [0.2, 0.25) is 0 Å². The van der Waals surface area contributed by atoms with Gasteiger partial charge in [0.15, 0.2) is 0 Å². The third-order valence-electron chi connectivity index (χ3n) is 1.25. The normalized spacial score (nSPS) is 20.0. The first-order valence-electron chi connectivity index (χ1n) is 2.50. The zero-order valence-electron chi connectivity index (χ0n) is 3.54. The number of hydrogen-bond acceptors (Lipinski definition) is 0. The van der Waals surface area contributed by atoms with E-state index in [0.29, 0.717) is 0 Å². The van der Waals surface area contributed by atoms with E-state index < -0.39 is 0 Å². The molecule has 0 aliphatic heterocycles. The van der Waals surface area contributed by atoms with Crippen LogP contribution in [-0.2, 0) is 0 Å². The summed E-state index contributed by atoms with van der Waals surface area (Å²) in [4.78, 5) is 0. The van der Waals surface area contributed by atoms with Crippen molar-refractivity contribution in [1.82, 2.24) is 0 Å². The molecule has 1 fully saturated rings. The van der Waals surface area contributed by atoms with E-state index in [1.807, 2.05) is 0 Å². The van der Waals surface area contributed by atoms with Crippen molar-refractivity contribution >= 4 is 8.41 Å². The first-order chi connectivity index (χ1) is 2.50. The fourth-order valence-electron chi connectivity index (χ4n) is 0.884. The molecule has 0 unspecified atom stereocenters. The van der Waals surface area contributed by atoms with Gasteiger partial charge in [0.2, 0.25) is 0 Å². The van der Waals surface area contributed by atoms with Gasteiger partial charge in [0.1, 0.15) is 0 Å². The van der Waals surface area contributed by atoms with E-state index in [0.717, 1.165) is 0 Å². The molecule has 1 aliphatic carbocycles. The lowest BCUT2D eigenvalue weighted by Gasteiger charge is -1.67. The van der Waals surface area contributed by atoms with Gasteiger partial charge in [-0.05, 0) is 0 Å². The van der Waals surface area contributed by atoms with Gasteiger partial charge in [-0.3, -0.25) is 0 Å². The predicted octanol–water partition coefficient (Wildman–Crippen LogP) is 0.767. The van der Waals surface area contributed by atoms with Crippen molar-refractivity contribution in [3.05, 3.63) is 0 Å². The van der Waals surface area contributed by atoms with E-state index in [1.54, 1.807) is 0 Å². The number of hydrogen-bond donors (Lipinski definition) is 0. The minimum Gasteiger partial charge on any atom is -0.0533 e. The molecule has 1 saturated carbocycles. The Morgan fingerprint density at radius 2 is 0.667 bits per heavy atom. The molecule has 0 saturated heterocycles. The first-order valence-corrected chi connectivity index (χ1v) is 2.50. The van der Waals surface area contributed by atoms with E-state index in [1.165, 1.54) is 32.1 Å². The van der Waals surface area contributed by atoms with E-state index >= 15 is 0 Å². The van der Waals surface area contributed by atoms with Crippen LogP contribution >= 0.6 is 0 Å². The Hall–Kier alpha value is 0.0649. The Labute approximate surface area is 41.5 Å². The molecule has 1 rings (SSSR count). The molecule has 0 aromatic rings. The fourth-order valence-corrected chi connectivity index (χ4v) is 0.884. The second-order valence-corrected chi connectivity index (χ2v) is 1.77. The molecule has 0 nitrogen and oxygen atoms in total. The zero-order chi connectivity index (χ0) is 3.54. The van der Waals surface area contributed by atoms with Crippen molar-refractivity contribution in [1.29, 1.82) is 0 Å². The molecule has 0 N–H and O–H groups in total. The van der Waals surface area contributed by atoms with Gasteiger partial charge in [-0.1, -0.05) is 32.1 Å². The van der Waals surface area contributed by atoms with Gasteiger partial charge in [0, 0.05) is 0 Å². The maximum Gasteiger partial charge on any atom is 0.0814 e. The highest BCUT2D eigenvalue weighted by molar-refractivity contribution is 5.75. The third-order valence-corrected chi connectivity index (χ3v) is 1.25. The van der Waals surface area contributed by atoms with Crippen LogP contribution in [0.4, 0.5) is 0 Å². The minimum atomic E-state index is 0. The summed E-state index contributed by atoms with van der Waals surface area (Å²) in [6, 6.07) is 0. The lowest BCUT2D eigenvalue weighted by Crippen LogP contribution is -1.47. The highest BCUT2D eigenvalue weighted by Crippen LogP contribution is 2.15. The van der Waals surface area contributed by atoms with Gasteiger partial charge in [0.25, 0.3) is 0 Å². The van der Waals surface area contributed by atoms with E-state index in [-0.39, 0.29) is 8.41 Å². The van der Waals surface area contributed by atoms with Crippen LogP contribution in [0.3, 0.4) is 0 Å². The van der Waals surface area contributed by atoms with Crippen LogP contribution < -0.4 is 0 Å². The van der Waals surface area contributed by atoms with E-state index in [9.17, 15) is 0 Å².